The maximum Gasteiger partial charge on any atom is 0.0702 e. The molecule has 45 heavy (non-hydrogen) atoms. The van der Waals surface area contributed by atoms with Gasteiger partial charge in [0.1, 0.15) is 0 Å². The van der Waals surface area contributed by atoms with Crippen LogP contribution >= 0.6 is 0 Å². The second kappa shape index (κ2) is 9.83. The van der Waals surface area contributed by atoms with E-state index < -0.39 is 0 Å². The molecular weight excluding hydrogens is 548 g/mol. The molecule has 0 amide bonds. The third kappa shape index (κ3) is 3.82. The average Bonchev–Trinajstić information content (AvgIpc) is 3.61. The van der Waals surface area contributed by atoms with Crippen molar-refractivity contribution in [1.82, 2.24) is 9.13 Å². The lowest BCUT2D eigenvalue weighted by atomic mass is 9.93. The Kier molecular flexibility index (Phi) is 5.59. The third-order valence-corrected chi connectivity index (χ3v) is 9.47. The molecule has 1 aliphatic carbocycles. The van der Waals surface area contributed by atoms with Gasteiger partial charge < -0.3 is 14.9 Å². The van der Waals surface area contributed by atoms with Crippen molar-refractivity contribution in [3.8, 4) is 5.69 Å². The van der Waals surface area contributed by atoms with Crippen LogP contribution in [0.5, 0.6) is 0 Å². The summed E-state index contributed by atoms with van der Waals surface area (Å²) in [5, 5.41) is 16.1. The fourth-order valence-corrected chi connectivity index (χ4v) is 7.34. The van der Waals surface area contributed by atoms with Gasteiger partial charge in [0, 0.05) is 54.9 Å². The molecule has 8 aromatic rings. The highest BCUT2D eigenvalue weighted by Gasteiger charge is 2.21. The van der Waals surface area contributed by atoms with Crippen LogP contribution < -0.4 is 5.73 Å². The number of aromatic nitrogens is 2. The maximum absolute atomic E-state index is 9.04. The number of para-hydroxylation sites is 3. The Morgan fingerprint density at radius 3 is 1.91 bits per heavy atom. The summed E-state index contributed by atoms with van der Waals surface area (Å²) < 4.78 is 4.84. The lowest BCUT2D eigenvalue weighted by Crippen LogP contribution is -2.12. The Balaban J connectivity index is 1.13. The minimum Gasteiger partial charge on any atom is -0.398 e. The molecule has 1 aliphatic rings. The number of fused-ring (bicyclic) bond motifs is 7. The van der Waals surface area contributed by atoms with E-state index in [2.05, 4.69) is 130 Å². The molecule has 4 nitrogen and oxygen atoms in total. The van der Waals surface area contributed by atoms with E-state index in [0.29, 0.717) is 11.4 Å². The van der Waals surface area contributed by atoms with Crippen molar-refractivity contribution in [2.24, 2.45) is 0 Å². The summed E-state index contributed by atoms with van der Waals surface area (Å²) in [7, 11) is 0. The fraction of sp³-hybridized carbons (Fsp3) is 0.0488. The fourth-order valence-electron chi connectivity index (χ4n) is 7.34. The molecule has 0 spiro atoms. The largest absolute Gasteiger partial charge is 0.398 e. The van der Waals surface area contributed by atoms with Crippen molar-refractivity contribution in [3.05, 3.63) is 157 Å². The highest BCUT2D eigenvalue weighted by Crippen LogP contribution is 2.38. The number of allylic oxidation sites excluding steroid dienone is 4. The van der Waals surface area contributed by atoms with Crippen LogP contribution in [-0.2, 0) is 0 Å². The second-order valence-corrected chi connectivity index (χ2v) is 11.9. The lowest BCUT2D eigenvalue weighted by molar-refractivity contribution is 0.646. The van der Waals surface area contributed by atoms with Crippen LogP contribution in [0.3, 0.4) is 0 Å². The topological polar surface area (TPSA) is 59.7 Å². The third-order valence-electron chi connectivity index (χ3n) is 9.47. The van der Waals surface area contributed by atoms with Crippen LogP contribution in [0.4, 0.5) is 5.69 Å². The average molecular weight is 579 g/mol. The Morgan fingerprint density at radius 1 is 0.622 bits per heavy atom. The van der Waals surface area contributed by atoms with Crippen molar-refractivity contribution in [1.29, 1.82) is 5.41 Å². The van der Waals surface area contributed by atoms with Gasteiger partial charge in [-0.05, 0) is 53.8 Å². The summed E-state index contributed by atoms with van der Waals surface area (Å²) in [5.41, 5.74) is 15.4. The van der Waals surface area contributed by atoms with Gasteiger partial charge >= 0.3 is 0 Å². The molecule has 3 N–H and O–H groups in total. The van der Waals surface area contributed by atoms with Crippen LogP contribution in [-0.4, -0.2) is 14.8 Å². The van der Waals surface area contributed by atoms with Gasteiger partial charge in [-0.2, -0.15) is 0 Å². The van der Waals surface area contributed by atoms with Gasteiger partial charge in [0.25, 0.3) is 0 Å². The molecule has 2 aromatic heterocycles. The van der Waals surface area contributed by atoms with Gasteiger partial charge in [0.15, 0.2) is 0 Å². The first-order chi connectivity index (χ1) is 22.2. The Bertz CT molecular complexity index is 2500. The quantitative estimate of drug-likeness (QED) is 0.158. The number of rotatable bonds is 4. The predicted octanol–water partition coefficient (Wildman–Crippen LogP) is 10.1. The van der Waals surface area contributed by atoms with Gasteiger partial charge in [0.05, 0.1) is 22.8 Å². The highest BCUT2D eigenvalue weighted by molar-refractivity contribution is 6.18. The van der Waals surface area contributed by atoms with Crippen molar-refractivity contribution >= 4 is 65.8 Å². The van der Waals surface area contributed by atoms with E-state index in [0.717, 1.165) is 34.0 Å². The molecular formula is C41H30N4. The van der Waals surface area contributed by atoms with E-state index in [1.807, 2.05) is 24.3 Å². The molecule has 0 saturated carbocycles. The molecule has 6 aromatic carbocycles. The van der Waals surface area contributed by atoms with E-state index in [4.69, 9.17) is 11.1 Å². The van der Waals surface area contributed by atoms with Gasteiger partial charge in [-0.25, -0.2) is 0 Å². The number of nitrogens with two attached hydrogens (primary N) is 1. The van der Waals surface area contributed by atoms with E-state index in [9.17, 15) is 0 Å². The van der Waals surface area contributed by atoms with E-state index >= 15 is 0 Å². The minimum absolute atomic E-state index is 0.136. The van der Waals surface area contributed by atoms with Crippen LogP contribution in [0.2, 0.25) is 0 Å². The van der Waals surface area contributed by atoms with Gasteiger partial charge in [-0.1, -0.05) is 109 Å². The van der Waals surface area contributed by atoms with Gasteiger partial charge in [-0.15, -0.1) is 0 Å². The number of anilines is 1. The molecule has 1 unspecified atom stereocenters. The summed E-state index contributed by atoms with van der Waals surface area (Å²) in [6.45, 7) is 0. The van der Waals surface area contributed by atoms with Crippen LogP contribution in [0.25, 0.3) is 60.1 Å². The smallest absolute Gasteiger partial charge is 0.0702 e. The minimum atomic E-state index is 0.136. The normalized spacial score (nSPS) is 15.0. The molecule has 0 radical (unpaired) electrons. The first-order valence-electron chi connectivity index (χ1n) is 15.4. The van der Waals surface area contributed by atoms with E-state index in [1.165, 1.54) is 43.6 Å². The molecule has 0 bridgehead atoms. The predicted molar refractivity (Wildman–Crippen MR) is 190 cm³/mol. The number of nitrogens with one attached hydrogen (secondary N) is 1. The number of nitrogen functional groups attached to an aromatic ring is 1. The van der Waals surface area contributed by atoms with Gasteiger partial charge in [-0.3, -0.25) is 5.41 Å². The standard InChI is InChI=1S/C41H30N4/c42-40(34-23-19-26-9-1-2-10-30(26)41(34)43)27-17-20-28(21-18-27)44-38-16-8-5-13-33(38)35-25-29(22-24-39(35)44)45-36-14-6-3-11-31(36)32-12-4-7-15-37(32)45/h1-20,22-25,28,42H,21,43H2. The number of hydrogen-bond acceptors (Lipinski definition) is 2. The number of nitrogens with zero attached hydrogens (tertiary/aromatic N) is 2. The Hall–Kier alpha value is -5.87. The first kappa shape index (κ1) is 25.6. The Morgan fingerprint density at radius 2 is 1.22 bits per heavy atom. The van der Waals surface area contributed by atoms with Crippen LogP contribution in [0.15, 0.2) is 151 Å². The number of hydrogen-bond donors (Lipinski definition) is 2. The summed E-state index contributed by atoms with van der Waals surface area (Å²) in [6.07, 6.45) is 7.32. The van der Waals surface area contributed by atoms with Crippen LogP contribution in [0, 0.1) is 5.41 Å². The van der Waals surface area contributed by atoms with Gasteiger partial charge in [0.2, 0.25) is 0 Å². The van der Waals surface area contributed by atoms with Crippen LogP contribution in [0.1, 0.15) is 18.0 Å². The first-order valence-corrected chi connectivity index (χ1v) is 15.4. The van der Waals surface area contributed by atoms with E-state index in [-0.39, 0.29) is 6.04 Å². The molecule has 1 atom stereocenters. The van der Waals surface area contributed by atoms with Crippen molar-refractivity contribution < 1.29 is 0 Å². The summed E-state index contributed by atoms with van der Waals surface area (Å²) >= 11 is 0. The zero-order valence-corrected chi connectivity index (χ0v) is 24.6. The summed E-state index contributed by atoms with van der Waals surface area (Å²) in [6, 6.07) is 45.2. The van der Waals surface area contributed by atoms with Crippen molar-refractivity contribution in [2.75, 3.05) is 5.73 Å². The zero-order valence-electron chi connectivity index (χ0n) is 24.6. The molecule has 9 rings (SSSR count). The molecule has 0 aliphatic heterocycles. The lowest BCUT2D eigenvalue weighted by Gasteiger charge is -2.21. The monoisotopic (exact) mass is 578 g/mol. The maximum atomic E-state index is 9.04. The van der Waals surface area contributed by atoms with Crippen molar-refractivity contribution in [2.45, 2.75) is 12.5 Å². The second-order valence-electron chi connectivity index (χ2n) is 11.9. The Labute approximate surface area is 260 Å². The summed E-state index contributed by atoms with van der Waals surface area (Å²) in [4.78, 5) is 0. The van der Waals surface area contributed by atoms with Crippen molar-refractivity contribution in [3.63, 3.8) is 0 Å². The van der Waals surface area contributed by atoms with E-state index in [1.54, 1.807) is 0 Å². The molecule has 214 valence electrons. The highest BCUT2D eigenvalue weighted by atomic mass is 15.0. The summed E-state index contributed by atoms with van der Waals surface area (Å²) in [5.74, 6) is 0. The SMILES string of the molecule is N=C(C1=CCC(n2c3ccccc3c3cc(-n4c5ccccc5c5ccccc54)ccc32)C=C1)c1ccc2ccccc2c1N. The molecule has 2 heterocycles. The molecule has 0 saturated heterocycles. The molecule has 0 fully saturated rings. The number of benzene rings is 6. The molecule has 4 heteroatoms. The zero-order chi connectivity index (χ0) is 30.1.